The Morgan fingerprint density at radius 3 is 0.944 bits per heavy atom. The number of aliphatic hydroxyl groups is 6. The summed E-state index contributed by atoms with van der Waals surface area (Å²) in [7, 11) is 0. The lowest BCUT2D eigenvalue weighted by atomic mass is 10.7. The van der Waals surface area contributed by atoms with Crippen LogP contribution in [0.3, 0.4) is 0 Å². The van der Waals surface area contributed by atoms with E-state index in [1.54, 1.807) is 0 Å². The second-order valence-electron chi connectivity index (χ2n) is 2.86. The van der Waals surface area contributed by atoms with Crippen molar-refractivity contribution in [2.45, 2.75) is 19.2 Å². The molecule has 0 amide bonds. The van der Waals surface area contributed by atoms with Crippen molar-refractivity contribution in [1.29, 1.82) is 0 Å². The lowest BCUT2D eigenvalue weighted by Crippen LogP contribution is -2.25. The van der Waals surface area contributed by atoms with Crippen molar-refractivity contribution in [3.05, 3.63) is 0 Å². The molecule has 0 aliphatic rings. The first-order valence-electron chi connectivity index (χ1n) is 4.51. The smallest absolute Gasteiger partial charge is 0.235 e. The summed E-state index contributed by atoms with van der Waals surface area (Å²) in [6.07, 6.45) is -5.90. The number of hydrogen-bond donors (Lipinski definition) is 9. The fraction of sp³-hybridized carbons (Fsp3) is 0.500. The molecule has 18 heavy (non-hydrogen) atoms. The van der Waals surface area contributed by atoms with Gasteiger partial charge in [-0.1, -0.05) is 0 Å². The number of hydrogen-bond acceptors (Lipinski definition) is 12. The highest BCUT2D eigenvalue weighted by Crippen LogP contribution is 2.10. The minimum atomic E-state index is -1.97. The Labute approximate surface area is 99.6 Å². The topological polar surface area (TPSA) is 196 Å². The second-order valence-corrected chi connectivity index (χ2v) is 2.86. The Morgan fingerprint density at radius 2 is 0.778 bits per heavy atom. The first-order chi connectivity index (χ1) is 8.36. The molecule has 12 nitrogen and oxygen atoms in total. The molecule has 1 aromatic heterocycles. The first-order valence-corrected chi connectivity index (χ1v) is 4.51. The summed E-state index contributed by atoms with van der Waals surface area (Å²) < 4.78 is 0. The summed E-state index contributed by atoms with van der Waals surface area (Å²) in [5, 5.41) is 57.9. The molecule has 0 atom stereocenters. The molecule has 0 bridgehead atoms. The third-order valence-corrected chi connectivity index (χ3v) is 1.41. The third kappa shape index (κ3) is 5.00. The molecule has 0 saturated heterocycles. The zero-order valence-corrected chi connectivity index (χ0v) is 8.76. The van der Waals surface area contributed by atoms with Crippen LogP contribution in [0.15, 0.2) is 0 Å². The van der Waals surface area contributed by atoms with Crippen molar-refractivity contribution in [3.63, 3.8) is 0 Å². The van der Waals surface area contributed by atoms with Gasteiger partial charge in [0.05, 0.1) is 0 Å². The Hall–Kier alpha value is -1.83. The van der Waals surface area contributed by atoms with Crippen molar-refractivity contribution in [3.8, 4) is 0 Å². The van der Waals surface area contributed by atoms with Crippen molar-refractivity contribution in [2.75, 3.05) is 16.0 Å². The molecule has 1 rings (SSSR count). The standard InChI is InChI=1S/C6H12N6O6/c13-4(14)10-1-7-2(11-5(15)16)9-3(8-1)12-6(17)18/h4-6,13-18H,(H3,7,8,9,10,11,12). The van der Waals surface area contributed by atoms with Crippen LogP contribution in [0.1, 0.15) is 0 Å². The maximum atomic E-state index is 8.66. The molecule has 0 aliphatic carbocycles. The molecule has 0 unspecified atom stereocenters. The largest absolute Gasteiger partial charge is 0.351 e. The fourth-order valence-electron chi connectivity index (χ4n) is 0.916. The highest BCUT2D eigenvalue weighted by Gasteiger charge is 2.11. The summed E-state index contributed by atoms with van der Waals surface area (Å²) >= 11 is 0. The van der Waals surface area contributed by atoms with E-state index < -0.39 is 19.2 Å². The fourth-order valence-corrected chi connectivity index (χ4v) is 0.916. The Balaban J connectivity index is 2.95. The van der Waals surface area contributed by atoms with Gasteiger partial charge in [-0.15, -0.1) is 0 Å². The molecule has 0 fully saturated rings. The van der Waals surface area contributed by atoms with Crippen molar-refractivity contribution in [2.24, 2.45) is 0 Å². The van der Waals surface area contributed by atoms with E-state index in [1.807, 2.05) is 16.0 Å². The summed E-state index contributed by atoms with van der Waals surface area (Å²) in [4.78, 5) is 10.6. The molecule has 0 aliphatic heterocycles. The van der Waals surface area contributed by atoms with Crippen LogP contribution in [-0.2, 0) is 0 Å². The van der Waals surface area contributed by atoms with Crippen LogP contribution in [0.4, 0.5) is 17.8 Å². The van der Waals surface area contributed by atoms with Gasteiger partial charge in [-0.05, 0) is 0 Å². The van der Waals surface area contributed by atoms with Crippen LogP contribution in [0.2, 0.25) is 0 Å². The Kier molecular flexibility index (Phi) is 4.90. The number of nitrogens with one attached hydrogen (secondary N) is 3. The zero-order chi connectivity index (χ0) is 13.7. The number of anilines is 3. The predicted octanol–water partition coefficient (Wildman–Crippen LogP) is -4.09. The molecule has 9 N–H and O–H groups in total. The maximum Gasteiger partial charge on any atom is 0.235 e. The van der Waals surface area contributed by atoms with Gasteiger partial charge in [0.2, 0.25) is 37.1 Å². The Morgan fingerprint density at radius 1 is 0.556 bits per heavy atom. The van der Waals surface area contributed by atoms with Crippen LogP contribution in [-0.4, -0.2) is 64.8 Å². The van der Waals surface area contributed by atoms with Gasteiger partial charge in [-0.25, -0.2) is 0 Å². The SMILES string of the molecule is OC(O)Nc1nc(NC(O)O)nc(NC(O)O)n1. The van der Waals surface area contributed by atoms with Gasteiger partial charge in [0.25, 0.3) is 0 Å². The van der Waals surface area contributed by atoms with E-state index >= 15 is 0 Å². The molecule has 0 saturated carbocycles. The van der Waals surface area contributed by atoms with Gasteiger partial charge < -0.3 is 46.6 Å². The van der Waals surface area contributed by atoms with Crippen LogP contribution in [0.5, 0.6) is 0 Å². The van der Waals surface area contributed by atoms with Gasteiger partial charge in [-0.2, -0.15) is 15.0 Å². The third-order valence-electron chi connectivity index (χ3n) is 1.41. The van der Waals surface area contributed by atoms with E-state index in [2.05, 4.69) is 15.0 Å². The van der Waals surface area contributed by atoms with Crippen LogP contribution in [0.25, 0.3) is 0 Å². The average Bonchev–Trinajstić information content (AvgIpc) is 2.12. The summed E-state index contributed by atoms with van der Waals surface area (Å²) in [6.45, 7) is 0. The van der Waals surface area contributed by atoms with Crippen molar-refractivity contribution < 1.29 is 30.6 Å². The van der Waals surface area contributed by atoms with Crippen molar-refractivity contribution >= 4 is 17.8 Å². The highest BCUT2D eigenvalue weighted by molar-refractivity contribution is 5.42. The quantitative estimate of drug-likeness (QED) is 0.225. The molecule has 0 spiro atoms. The molecule has 12 heteroatoms. The molecule has 102 valence electrons. The van der Waals surface area contributed by atoms with E-state index in [1.165, 1.54) is 0 Å². The molecular formula is C6H12N6O6. The predicted molar refractivity (Wildman–Crippen MR) is 55.4 cm³/mol. The van der Waals surface area contributed by atoms with Crippen LogP contribution < -0.4 is 16.0 Å². The van der Waals surface area contributed by atoms with Gasteiger partial charge in [0, 0.05) is 0 Å². The lowest BCUT2D eigenvalue weighted by Gasteiger charge is -2.12. The zero-order valence-electron chi connectivity index (χ0n) is 8.76. The number of aliphatic hydroxyl groups excluding tert-OH is 3. The van der Waals surface area contributed by atoms with Crippen LogP contribution in [0, 0.1) is 0 Å². The minimum Gasteiger partial charge on any atom is -0.351 e. The molecular weight excluding hydrogens is 252 g/mol. The summed E-state index contributed by atoms with van der Waals surface area (Å²) in [5.74, 6) is -1.07. The average molecular weight is 264 g/mol. The van der Waals surface area contributed by atoms with E-state index in [-0.39, 0.29) is 17.8 Å². The van der Waals surface area contributed by atoms with Gasteiger partial charge >= 0.3 is 0 Å². The first kappa shape index (κ1) is 14.2. The van der Waals surface area contributed by atoms with Crippen LogP contribution >= 0.6 is 0 Å². The minimum absolute atomic E-state index is 0.355. The van der Waals surface area contributed by atoms with E-state index in [0.717, 1.165) is 0 Å². The number of aromatic nitrogens is 3. The highest BCUT2D eigenvalue weighted by atomic mass is 16.5. The lowest BCUT2D eigenvalue weighted by molar-refractivity contribution is -0.0157. The van der Waals surface area contributed by atoms with E-state index in [4.69, 9.17) is 30.6 Å². The van der Waals surface area contributed by atoms with Gasteiger partial charge in [0.1, 0.15) is 0 Å². The molecule has 1 aromatic rings. The number of rotatable bonds is 6. The second kappa shape index (κ2) is 6.20. The van der Waals surface area contributed by atoms with Gasteiger partial charge in [-0.3, -0.25) is 0 Å². The molecule has 1 heterocycles. The summed E-state index contributed by atoms with van der Waals surface area (Å²) in [6, 6.07) is 0. The maximum absolute atomic E-state index is 8.66. The van der Waals surface area contributed by atoms with E-state index in [0.29, 0.717) is 0 Å². The molecule has 0 radical (unpaired) electrons. The van der Waals surface area contributed by atoms with Crippen molar-refractivity contribution in [1.82, 2.24) is 15.0 Å². The normalized spacial score (nSPS) is 11.2. The monoisotopic (exact) mass is 264 g/mol. The Bertz CT molecular complexity index is 317. The van der Waals surface area contributed by atoms with Gasteiger partial charge in [0.15, 0.2) is 0 Å². The number of nitrogens with zero attached hydrogens (tertiary/aromatic N) is 3. The van der Waals surface area contributed by atoms with E-state index in [9.17, 15) is 0 Å². The molecule has 0 aromatic carbocycles. The summed E-state index contributed by atoms with van der Waals surface area (Å²) in [5.41, 5.74) is 0.